The first-order valence-electron chi connectivity index (χ1n) is 6.18. The van der Waals surface area contributed by atoms with Gasteiger partial charge < -0.3 is 15.0 Å². The number of aliphatic hydroxyl groups is 1. The normalized spacial score (nSPS) is 13.1. The molecule has 17 heavy (non-hydrogen) atoms. The van der Waals surface area contributed by atoms with E-state index >= 15 is 0 Å². The second-order valence-corrected chi connectivity index (χ2v) is 4.45. The van der Waals surface area contributed by atoms with Gasteiger partial charge in [-0.2, -0.15) is 0 Å². The monoisotopic (exact) mass is 232 g/mol. The average Bonchev–Trinajstić information content (AvgIpc) is 2.70. The Morgan fingerprint density at radius 2 is 2.18 bits per heavy atom. The first kappa shape index (κ1) is 12.1. The van der Waals surface area contributed by atoms with Crippen LogP contribution in [0.25, 0.3) is 10.9 Å². The molecule has 0 aliphatic heterocycles. The Labute approximate surface area is 102 Å². The largest absolute Gasteiger partial charge is 0.392 e. The molecule has 92 valence electrons. The lowest BCUT2D eigenvalue weighted by atomic mass is 10.1. The van der Waals surface area contributed by atoms with Crippen LogP contribution in [0, 0.1) is 0 Å². The molecule has 0 spiro atoms. The van der Waals surface area contributed by atoms with Gasteiger partial charge in [-0.3, -0.25) is 0 Å². The van der Waals surface area contributed by atoms with E-state index in [0.717, 1.165) is 13.1 Å². The van der Waals surface area contributed by atoms with Crippen molar-refractivity contribution in [2.45, 2.75) is 33.0 Å². The smallest absolute Gasteiger partial charge is 0.0691 e. The predicted molar refractivity (Wildman–Crippen MR) is 71.0 cm³/mol. The van der Waals surface area contributed by atoms with Crippen LogP contribution in [0.2, 0.25) is 0 Å². The molecule has 3 nitrogen and oxygen atoms in total. The minimum Gasteiger partial charge on any atom is -0.392 e. The van der Waals surface area contributed by atoms with Crippen LogP contribution in [-0.2, 0) is 13.1 Å². The van der Waals surface area contributed by atoms with E-state index in [0.29, 0.717) is 6.54 Å². The number of fused-ring (bicyclic) bond motifs is 1. The van der Waals surface area contributed by atoms with E-state index in [1.807, 2.05) is 13.1 Å². The highest BCUT2D eigenvalue weighted by Crippen LogP contribution is 2.20. The van der Waals surface area contributed by atoms with Gasteiger partial charge in [-0.05, 0) is 31.2 Å². The molecule has 0 aliphatic carbocycles. The molecule has 0 saturated carbocycles. The Balaban J connectivity index is 2.35. The molecule has 0 fully saturated rings. The minimum atomic E-state index is -0.317. The molecule has 1 unspecified atom stereocenters. The molecule has 2 rings (SSSR count). The Hall–Kier alpha value is -1.32. The second kappa shape index (κ2) is 5.34. The first-order valence-corrected chi connectivity index (χ1v) is 6.18. The fraction of sp³-hybridized carbons (Fsp3) is 0.429. The van der Waals surface area contributed by atoms with Gasteiger partial charge in [0.25, 0.3) is 0 Å². The van der Waals surface area contributed by atoms with Crippen molar-refractivity contribution in [3.8, 4) is 0 Å². The Morgan fingerprint density at radius 1 is 1.35 bits per heavy atom. The molecule has 0 radical (unpaired) electrons. The molecule has 0 bridgehead atoms. The third-order valence-electron chi connectivity index (χ3n) is 2.93. The molecule has 1 heterocycles. The molecule has 1 aromatic carbocycles. The summed E-state index contributed by atoms with van der Waals surface area (Å²) in [6, 6.07) is 8.46. The maximum Gasteiger partial charge on any atom is 0.0691 e. The molecule has 1 aromatic heterocycles. The van der Waals surface area contributed by atoms with Crippen molar-refractivity contribution >= 4 is 10.9 Å². The third kappa shape index (κ3) is 2.68. The van der Waals surface area contributed by atoms with Crippen LogP contribution in [0.5, 0.6) is 0 Å². The molecular weight excluding hydrogens is 212 g/mol. The van der Waals surface area contributed by atoms with E-state index in [1.165, 1.54) is 16.5 Å². The van der Waals surface area contributed by atoms with Gasteiger partial charge in [0.05, 0.1) is 6.10 Å². The lowest BCUT2D eigenvalue weighted by molar-refractivity contribution is 0.175. The van der Waals surface area contributed by atoms with Gasteiger partial charge in [-0.15, -0.1) is 0 Å². The summed E-state index contributed by atoms with van der Waals surface area (Å²) < 4.78 is 2.11. The van der Waals surface area contributed by atoms with Crippen molar-refractivity contribution < 1.29 is 5.11 Å². The highest BCUT2D eigenvalue weighted by molar-refractivity contribution is 5.83. The Bertz CT molecular complexity index is 488. The summed E-state index contributed by atoms with van der Waals surface area (Å²) in [5, 5.41) is 14.1. The van der Waals surface area contributed by atoms with Gasteiger partial charge in [-0.1, -0.05) is 19.1 Å². The van der Waals surface area contributed by atoms with Crippen molar-refractivity contribution in [3.63, 3.8) is 0 Å². The van der Waals surface area contributed by atoms with Crippen molar-refractivity contribution in [1.29, 1.82) is 0 Å². The molecule has 0 aliphatic rings. The topological polar surface area (TPSA) is 37.2 Å². The van der Waals surface area contributed by atoms with Crippen LogP contribution in [-0.4, -0.2) is 22.3 Å². The Kier molecular flexibility index (Phi) is 3.82. The summed E-state index contributed by atoms with van der Waals surface area (Å²) in [7, 11) is 0. The zero-order valence-corrected chi connectivity index (χ0v) is 10.5. The van der Waals surface area contributed by atoms with Crippen molar-refractivity contribution in [1.82, 2.24) is 9.88 Å². The summed E-state index contributed by atoms with van der Waals surface area (Å²) in [4.78, 5) is 0. The van der Waals surface area contributed by atoms with E-state index in [-0.39, 0.29) is 6.10 Å². The molecule has 3 heteroatoms. The van der Waals surface area contributed by atoms with E-state index in [9.17, 15) is 5.11 Å². The zero-order chi connectivity index (χ0) is 12.3. The molecular formula is C14H20N2O. The highest BCUT2D eigenvalue weighted by Gasteiger charge is 2.06. The molecule has 0 amide bonds. The number of hydrogen-bond donors (Lipinski definition) is 2. The van der Waals surface area contributed by atoms with E-state index in [2.05, 4.69) is 41.1 Å². The number of nitrogens with zero attached hydrogens (tertiary/aromatic N) is 1. The first-order chi connectivity index (χ1) is 8.22. The second-order valence-electron chi connectivity index (χ2n) is 4.45. The average molecular weight is 232 g/mol. The maximum absolute atomic E-state index is 9.46. The van der Waals surface area contributed by atoms with E-state index in [4.69, 9.17) is 0 Å². The fourth-order valence-electron chi connectivity index (χ4n) is 2.14. The lowest BCUT2D eigenvalue weighted by Crippen LogP contribution is -2.12. The van der Waals surface area contributed by atoms with Crippen LogP contribution in [0.4, 0.5) is 0 Å². The van der Waals surface area contributed by atoms with Crippen LogP contribution < -0.4 is 5.32 Å². The van der Waals surface area contributed by atoms with E-state index < -0.39 is 0 Å². The van der Waals surface area contributed by atoms with E-state index in [1.54, 1.807) is 0 Å². The summed E-state index contributed by atoms with van der Waals surface area (Å²) in [6.45, 7) is 6.44. The van der Waals surface area contributed by atoms with Crippen LogP contribution in [0.1, 0.15) is 19.4 Å². The maximum atomic E-state index is 9.46. The number of benzene rings is 1. The quantitative estimate of drug-likeness (QED) is 0.828. The summed E-state index contributed by atoms with van der Waals surface area (Å²) in [5.74, 6) is 0. The van der Waals surface area contributed by atoms with Gasteiger partial charge in [0.2, 0.25) is 0 Å². The lowest BCUT2D eigenvalue weighted by Gasteiger charge is -2.09. The van der Waals surface area contributed by atoms with Gasteiger partial charge in [-0.25, -0.2) is 0 Å². The summed E-state index contributed by atoms with van der Waals surface area (Å²) >= 11 is 0. The van der Waals surface area contributed by atoms with Gasteiger partial charge >= 0.3 is 0 Å². The molecule has 1 atom stereocenters. The van der Waals surface area contributed by atoms with Crippen molar-refractivity contribution in [2.75, 3.05) is 6.54 Å². The minimum absolute atomic E-state index is 0.317. The number of nitrogens with one attached hydrogen (secondary N) is 1. The molecule has 0 saturated heterocycles. The van der Waals surface area contributed by atoms with Gasteiger partial charge in [0.15, 0.2) is 0 Å². The van der Waals surface area contributed by atoms with Crippen molar-refractivity contribution in [3.05, 3.63) is 36.0 Å². The zero-order valence-electron chi connectivity index (χ0n) is 10.5. The Morgan fingerprint density at radius 3 is 2.88 bits per heavy atom. The molecule has 2 N–H and O–H groups in total. The predicted octanol–water partition coefficient (Wildman–Crippen LogP) is 2.13. The van der Waals surface area contributed by atoms with Gasteiger partial charge in [0.1, 0.15) is 0 Å². The summed E-state index contributed by atoms with van der Waals surface area (Å²) in [6.07, 6.45) is 1.73. The number of aromatic nitrogens is 1. The third-order valence-corrected chi connectivity index (χ3v) is 2.93. The fourth-order valence-corrected chi connectivity index (χ4v) is 2.14. The standard InChI is InChI=1S/C14H20N2O/c1-3-15-9-12-5-4-6-14-13(12)7-8-16(14)10-11(2)17/h4-8,11,15,17H,3,9-10H2,1-2H3. The number of hydrogen-bond acceptors (Lipinski definition) is 2. The highest BCUT2D eigenvalue weighted by atomic mass is 16.3. The van der Waals surface area contributed by atoms with Gasteiger partial charge in [0, 0.05) is 30.2 Å². The van der Waals surface area contributed by atoms with Crippen LogP contribution >= 0.6 is 0 Å². The number of rotatable bonds is 5. The van der Waals surface area contributed by atoms with Crippen LogP contribution in [0.15, 0.2) is 30.5 Å². The number of aliphatic hydroxyl groups excluding tert-OH is 1. The summed E-state index contributed by atoms with van der Waals surface area (Å²) in [5.41, 5.74) is 2.51. The SMILES string of the molecule is CCNCc1cccc2c1ccn2CC(C)O. The van der Waals surface area contributed by atoms with Crippen molar-refractivity contribution in [2.24, 2.45) is 0 Å². The molecule has 2 aromatic rings. The van der Waals surface area contributed by atoms with Crippen LogP contribution in [0.3, 0.4) is 0 Å².